The van der Waals surface area contributed by atoms with Crippen LogP contribution in [0.1, 0.15) is 12.5 Å². The Morgan fingerprint density at radius 1 is 1.11 bits per heavy atom. The largest absolute Gasteiger partial charge is 0.426 e. The molecule has 0 radical (unpaired) electrons. The Kier molecular flexibility index (Phi) is 4.94. The molecule has 3 rings (SSSR count). The zero-order chi connectivity index (χ0) is 19.6. The van der Waals surface area contributed by atoms with Gasteiger partial charge in [-0.15, -0.1) is 0 Å². The van der Waals surface area contributed by atoms with E-state index in [0.717, 1.165) is 5.69 Å². The molecule has 2 aromatic carbocycles. The van der Waals surface area contributed by atoms with Crippen molar-refractivity contribution in [2.75, 3.05) is 24.0 Å². The lowest BCUT2D eigenvalue weighted by Crippen LogP contribution is -2.35. The van der Waals surface area contributed by atoms with E-state index in [1.807, 2.05) is 31.1 Å². The van der Waals surface area contributed by atoms with Gasteiger partial charge in [0, 0.05) is 38.3 Å². The van der Waals surface area contributed by atoms with E-state index in [0.29, 0.717) is 11.3 Å². The van der Waals surface area contributed by atoms with Gasteiger partial charge in [0.2, 0.25) is 0 Å². The van der Waals surface area contributed by atoms with Crippen LogP contribution < -0.4 is 20.1 Å². The van der Waals surface area contributed by atoms with Gasteiger partial charge in [0.1, 0.15) is 11.3 Å². The highest BCUT2D eigenvalue weighted by Crippen LogP contribution is 2.29. The van der Waals surface area contributed by atoms with Gasteiger partial charge in [0.25, 0.3) is 11.8 Å². The standard InChI is InChI=1S/C20H19N3O4/c1-13(24)27-18-12-16(22(2)3)10-9-14(18)11-17-19(25)21-23(20(17)26)15-7-5-4-6-8-15/h4-12H,1-3H3,(H,21,25). The van der Waals surface area contributed by atoms with Crippen LogP contribution in [0.25, 0.3) is 6.08 Å². The molecule has 0 atom stereocenters. The summed E-state index contributed by atoms with van der Waals surface area (Å²) in [4.78, 5) is 38.3. The van der Waals surface area contributed by atoms with E-state index in [2.05, 4.69) is 5.43 Å². The average molecular weight is 365 g/mol. The molecule has 2 aromatic rings. The number of hydrogen-bond donors (Lipinski definition) is 1. The van der Waals surface area contributed by atoms with Crippen LogP contribution in [-0.2, 0) is 14.4 Å². The molecule has 2 amide bonds. The predicted octanol–water partition coefficient (Wildman–Crippen LogP) is 2.14. The van der Waals surface area contributed by atoms with Crippen LogP contribution in [0, 0.1) is 0 Å². The average Bonchev–Trinajstić information content (AvgIpc) is 2.91. The number of anilines is 2. The second-order valence-corrected chi connectivity index (χ2v) is 6.19. The summed E-state index contributed by atoms with van der Waals surface area (Å²) in [5, 5.41) is 1.19. The molecule has 1 N–H and O–H groups in total. The number of esters is 1. The monoisotopic (exact) mass is 365 g/mol. The first-order valence-electron chi connectivity index (χ1n) is 8.29. The molecule has 0 aliphatic carbocycles. The van der Waals surface area contributed by atoms with Gasteiger partial charge in [-0.05, 0) is 30.3 Å². The van der Waals surface area contributed by atoms with Crippen molar-refractivity contribution in [3.8, 4) is 5.75 Å². The van der Waals surface area contributed by atoms with Crippen molar-refractivity contribution in [2.45, 2.75) is 6.92 Å². The molecule has 1 aliphatic rings. The third-order valence-corrected chi connectivity index (χ3v) is 3.97. The van der Waals surface area contributed by atoms with Crippen LogP contribution in [-0.4, -0.2) is 31.9 Å². The number of ether oxygens (including phenoxy) is 1. The molecule has 0 saturated carbocycles. The third-order valence-electron chi connectivity index (χ3n) is 3.97. The second-order valence-electron chi connectivity index (χ2n) is 6.19. The summed E-state index contributed by atoms with van der Waals surface area (Å²) in [6, 6.07) is 14.0. The van der Waals surface area contributed by atoms with Crippen LogP contribution >= 0.6 is 0 Å². The number of nitrogens with zero attached hydrogens (tertiary/aromatic N) is 2. The summed E-state index contributed by atoms with van der Waals surface area (Å²) in [6.07, 6.45) is 1.43. The quantitative estimate of drug-likeness (QED) is 0.389. The normalized spacial score (nSPS) is 15.1. The van der Waals surface area contributed by atoms with Crippen molar-refractivity contribution < 1.29 is 19.1 Å². The maximum atomic E-state index is 12.7. The Bertz CT molecular complexity index is 935. The Morgan fingerprint density at radius 2 is 1.81 bits per heavy atom. The number of amides is 2. The number of nitrogens with one attached hydrogen (secondary N) is 1. The maximum absolute atomic E-state index is 12.7. The van der Waals surface area contributed by atoms with Gasteiger partial charge in [-0.1, -0.05) is 18.2 Å². The van der Waals surface area contributed by atoms with Crippen LogP contribution in [0.5, 0.6) is 5.75 Å². The highest BCUT2D eigenvalue weighted by Gasteiger charge is 2.34. The summed E-state index contributed by atoms with van der Waals surface area (Å²) in [5.74, 6) is -1.20. The molecule has 0 spiro atoms. The Morgan fingerprint density at radius 3 is 2.44 bits per heavy atom. The summed E-state index contributed by atoms with van der Waals surface area (Å²) in [6.45, 7) is 1.30. The lowest BCUT2D eigenvalue weighted by Gasteiger charge is -2.15. The molecule has 0 unspecified atom stereocenters. The third kappa shape index (κ3) is 3.82. The van der Waals surface area contributed by atoms with Crippen molar-refractivity contribution >= 4 is 35.2 Å². The fourth-order valence-electron chi connectivity index (χ4n) is 2.64. The van der Waals surface area contributed by atoms with E-state index in [1.165, 1.54) is 18.0 Å². The first-order chi connectivity index (χ1) is 12.9. The Labute approximate surface area is 156 Å². The number of rotatable bonds is 4. The molecule has 7 nitrogen and oxygen atoms in total. The number of hydrazine groups is 1. The zero-order valence-corrected chi connectivity index (χ0v) is 15.2. The molecular weight excluding hydrogens is 346 g/mol. The van der Waals surface area contributed by atoms with Gasteiger partial charge in [0.15, 0.2) is 0 Å². The molecule has 0 aromatic heterocycles. The van der Waals surface area contributed by atoms with Gasteiger partial charge in [-0.25, -0.2) is 5.01 Å². The van der Waals surface area contributed by atoms with Gasteiger partial charge in [-0.3, -0.25) is 19.8 Å². The molecule has 1 aliphatic heterocycles. The smallest absolute Gasteiger partial charge is 0.308 e. The van der Waals surface area contributed by atoms with Crippen LogP contribution in [0.4, 0.5) is 11.4 Å². The van der Waals surface area contributed by atoms with Gasteiger partial charge in [0.05, 0.1) is 5.69 Å². The molecular formula is C20H19N3O4. The lowest BCUT2D eigenvalue weighted by molar-refractivity contribution is -0.131. The minimum atomic E-state index is -0.519. The van der Waals surface area contributed by atoms with Crippen molar-refractivity contribution in [1.82, 2.24) is 5.43 Å². The van der Waals surface area contributed by atoms with Crippen LogP contribution in [0.15, 0.2) is 54.1 Å². The minimum absolute atomic E-state index is 0.0372. The number of hydrogen-bond acceptors (Lipinski definition) is 5. The summed E-state index contributed by atoms with van der Waals surface area (Å²) in [7, 11) is 3.72. The van der Waals surface area contributed by atoms with Gasteiger partial charge >= 0.3 is 5.97 Å². The molecule has 0 bridgehead atoms. The van der Waals surface area contributed by atoms with Crippen molar-refractivity contribution in [3.05, 3.63) is 59.7 Å². The molecule has 1 saturated heterocycles. The first-order valence-corrected chi connectivity index (χ1v) is 8.29. The number of carbonyl (C=O) groups is 3. The second kappa shape index (κ2) is 7.33. The van der Waals surface area contributed by atoms with Crippen molar-refractivity contribution in [2.24, 2.45) is 0 Å². The molecule has 27 heavy (non-hydrogen) atoms. The fourth-order valence-corrected chi connectivity index (χ4v) is 2.64. The van der Waals surface area contributed by atoms with Gasteiger partial charge in [-0.2, -0.15) is 0 Å². The highest BCUT2D eigenvalue weighted by molar-refractivity contribution is 6.31. The van der Waals surface area contributed by atoms with E-state index in [-0.39, 0.29) is 11.3 Å². The summed E-state index contributed by atoms with van der Waals surface area (Å²) < 4.78 is 5.26. The summed E-state index contributed by atoms with van der Waals surface area (Å²) in [5.41, 5.74) is 4.34. The SMILES string of the molecule is CC(=O)Oc1cc(N(C)C)ccc1C=C1C(=O)NN(c2ccccc2)C1=O. The van der Waals surface area contributed by atoms with E-state index in [4.69, 9.17) is 4.74 Å². The lowest BCUT2D eigenvalue weighted by atomic mass is 10.1. The molecule has 1 heterocycles. The van der Waals surface area contributed by atoms with Crippen molar-refractivity contribution in [1.29, 1.82) is 0 Å². The van der Waals surface area contributed by atoms with Gasteiger partial charge < -0.3 is 9.64 Å². The minimum Gasteiger partial charge on any atom is -0.426 e. The predicted molar refractivity (Wildman–Crippen MR) is 102 cm³/mol. The van der Waals surface area contributed by atoms with E-state index in [1.54, 1.807) is 36.4 Å². The topological polar surface area (TPSA) is 79.0 Å². The maximum Gasteiger partial charge on any atom is 0.308 e. The van der Waals surface area contributed by atoms with Crippen LogP contribution in [0.3, 0.4) is 0 Å². The zero-order valence-electron chi connectivity index (χ0n) is 15.2. The molecule has 7 heteroatoms. The van der Waals surface area contributed by atoms with Crippen LogP contribution in [0.2, 0.25) is 0 Å². The molecule has 1 fully saturated rings. The fraction of sp³-hybridized carbons (Fsp3) is 0.150. The highest BCUT2D eigenvalue weighted by atomic mass is 16.5. The number of benzene rings is 2. The van der Waals surface area contributed by atoms with E-state index < -0.39 is 17.8 Å². The number of carbonyl (C=O) groups excluding carboxylic acids is 3. The number of para-hydroxylation sites is 1. The molecule has 138 valence electrons. The Balaban J connectivity index is 1.99. The first kappa shape index (κ1) is 18.2. The van der Waals surface area contributed by atoms with Crippen molar-refractivity contribution in [3.63, 3.8) is 0 Å². The van der Waals surface area contributed by atoms with E-state index in [9.17, 15) is 14.4 Å². The van der Waals surface area contributed by atoms with E-state index >= 15 is 0 Å². The summed E-state index contributed by atoms with van der Waals surface area (Å²) >= 11 is 0. The Hall–Kier alpha value is -3.61.